The van der Waals surface area contributed by atoms with Crippen LogP contribution in [0.15, 0.2) is 153 Å². The molecule has 6 aromatic rings. The van der Waals surface area contributed by atoms with Gasteiger partial charge in [0.05, 0.1) is 5.02 Å². The number of nitrogens with one attached hydrogen (secondary N) is 2. The third kappa shape index (κ3) is 10.6. The van der Waals surface area contributed by atoms with Crippen LogP contribution in [0.2, 0.25) is 10.0 Å². The van der Waals surface area contributed by atoms with Gasteiger partial charge in [-0.2, -0.15) is 0 Å². The minimum absolute atomic E-state index is 0.128. The molecule has 0 aromatic heterocycles. The molecule has 12 heteroatoms. The number of hydrogen-bond acceptors (Lipinski definition) is 8. The molecule has 0 atom stereocenters. The van der Waals surface area contributed by atoms with Crippen molar-refractivity contribution in [2.45, 2.75) is 32.7 Å². The van der Waals surface area contributed by atoms with E-state index in [2.05, 4.69) is 10.6 Å². The topological polar surface area (TPSA) is 139 Å². The number of carboxylic acid groups (broad SMARTS) is 2. The molecule has 0 amide bonds. The lowest BCUT2D eigenvalue weighted by atomic mass is 10.1. The number of hydrogen-bond donors (Lipinski definition) is 6. The summed E-state index contributed by atoms with van der Waals surface area (Å²) in [5, 5.41) is 45.2. The second-order valence-corrected chi connectivity index (χ2v) is 14.1. The zero-order valence-electron chi connectivity index (χ0n) is 27.3. The first-order valence-electron chi connectivity index (χ1n) is 15.7. The largest absolute Gasteiger partial charge is 0.507 e. The van der Waals surface area contributed by atoms with Crippen molar-refractivity contribution < 1.29 is 30.0 Å². The van der Waals surface area contributed by atoms with Gasteiger partial charge in [0.15, 0.2) is 0 Å². The van der Waals surface area contributed by atoms with Gasteiger partial charge in [-0.25, -0.2) is 9.59 Å². The van der Waals surface area contributed by atoms with Crippen molar-refractivity contribution in [2.75, 3.05) is 10.6 Å². The van der Waals surface area contributed by atoms with E-state index < -0.39 is 11.9 Å². The quantitative estimate of drug-likeness (QED) is 0.0667. The number of phenols is 2. The van der Waals surface area contributed by atoms with Gasteiger partial charge in [-0.1, -0.05) is 101 Å². The first kappa shape index (κ1) is 38.0. The van der Waals surface area contributed by atoms with E-state index in [9.17, 15) is 19.8 Å². The number of benzene rings is 6. The Hall–Kier alpha value is -5.26. The molecule has 0 aliphatic rings. The Labute approximate surface area is 319 Å². The maximum atomic E-state index is 11.1. The molecule has 0 radical (unpaired) electrons. The van der Waals surface area contributed by atoms with Gasteiger partial charge in [0.1, 0.15) is 22.6 Å². The molecule has 0 fully saturated rings. The minimum Gasteiger partial charge on any atom is -0.507 e. The zero-order valence-corrected chi connectivity index (χ0v) is 30.4. The number of carbonyl (C=O) groups is 2. The number of carboxylic acids is 2. The van der Waals surface area contributed by atoms with E-state index in [1.54, 1.807) is 35.7 Å². The fraction of sp³-hybridized carbons (Fsp3) is 0.0500. The van der Waals surface area contributed by atoms with Gasteiger partial charge in [0, 0.05) is 49.1 Å². The molecule has 0 saturated carbocycles. The van der Waals surface area contributed by atoms with E-state index in [1.165, 1.54) is 24.3 Å². The van der Waals surface area contributed by atoms with Crippen molar-refractivity contribution >= 4 is 70.0 Å². The summed E-state index contributed by atoms with van der Waals surface area (Å²) in [4.78, 5) is 26.4. The highest BCUT2D eigenvalue weighted by Crippen LogP contribution is 2.36. The molecule has 0 unspecified atom stereocenters. The van der Waals surface area contributed by atoms with E-state index in [4.69, 9.17) is 33.4 Å². The minimum atomic E-state index is -1.17. The normalized spacial score (nSPS) is 10.5. The lowest BCUT2D eigenvalue weighted by Gasteiger charge is -2.12. The van der Waals surface area contributed by atoms with E-state index in [0.717, 1.165) is 30.7 Å². The van der Waals surface area contributed by atoms with Crippen molar-refractivity contribution in [2.24, 2.45) is 0 Å². The Morgan fingerprint density at radius 3 is 1.52 bits per heavy atom. The maximum absolute atomic E-state index is 11.1. The third-order valence-electron chi connectivity index (χ3n) is 7.45. The van der Waals surface area contributed by atoms with Crippen LogP contribution in [-0.4, -0.2) is 32.4 Å². The molecule has 6 aromatic carbocycles. The first-order valence-corrected chi connectivity index (χ1v) is 18.1. The summed E-state index contributed by atoms with van der Waals surface area (Å²) in [6, 6.07) is 40.1. The molecular formula is C40H32Cl2N2O6S2. The van der Waals surface area contributed by atoms with Crippen molar-refractivity contribution in [1.82, 2.24) is 0 Å². The van der Waals surface area contributed by atoms with Crippen LogP contribution < -0.4 is 10.6 Å². The average molecular weight is 772 g/mol. The Balaban J connectivity index is 0.000000201. The predicted molar refractivity (Wildman–Crippen MR) is 209 cm³/mol. The summed E-state index contributed by atoms with van der Waals surface area (Å²) in [6.07, 6.45) is 0. The summed E-state index contributed by atoms with van der Waals surface area (Å²) < 4.78 is 0. The smallest absolute Gasteiger partial charge is 0.339 e. The van der Waals surface area contributed by atoms with Gasteiger partial charge in [-0.15, -0.1) is 0 Å². The molecule has 0 aliphatic heterocycles. The van der Waals surface area contributed by atoms with Crippen LogP contribution in [0.1, 0.15) is 31.8 Å². The van der Waals surface area contributed by atoms with E-state index >= 15 is 0 Å². The molecule has 0 aliphatic carbocycles. The molecule has 264 valence electrons. The standard InChI is InChI=1S/2C20H16ClNO3S/c21-16-6-2-4-8-19(16)26-18-7-3-1-5-13(18)12-22-14-9-10-17(23)15(11-14)20(24)25;21-14-5-3-6-16(10-14)26-19-7-2-1-4-13(19)12-22-15-8-9-18(23)17(11-15)20(24)25/h2*1-11,22-23H,12H2,(H,24,25). The highest BCUT2D eigenvalue weighted by atomic mass is 35.5. The van der Waals surface area contributed by atoms with Crippen molar-refractivity contribution in [1.29, 1.82) is 0 Å². The number of anilines is 2. The zero-order chi connectivity index (χ0) is 37.0. The van der Waals surface area contributed by atoms with Gasteiger partial charge in [0.25, 0.3) is 0 Å². The highest BCUT2D eigenvalue weighted by Gasteiger charge is 2.13. The molecule has 52 heavy (non-hydrogen) atoms. The molecule has 8 nitrogen and oxygen atoms in total. The monoisotopic (exact) mass is 770 g/mol. The molecule has 6 N–H and O–H groups in total. The number of aromatic carboxylic acids is 2. The lowest BCUT2D eigenvalue weighted by Crippen LogP contribution is -2.03. The first-order chi connectivity index (χ1) is 25.1. The summed E-state index contributed by atoms with van der Waals surface area (Å²) in [6.45, 7) is 1.03. The van der Waals surface area contributed by atoms with Gasteiger partial charge >= 0.3 is 11.9 Å². The Morgan fingerprint density at radius 1 is 0.538 bits per heavy atom. The summed E-state index contributed by atoms with van der Waals surface area (Å²) in [5.41, 5.74) is 3.12. The van der Waals surface area contributed by atoms with Gasteiger partial charge in [-0.3, -0.25) is 0 Å². The second-order valence-electron chi connectivity index (χ2n) is 11.1. The molecule has 6 rings (SSSR count). The van der Waals surface area contributed by atoms with Crippen molar-refractivity contribution in [3.05, 3.63) is 166 Å². The second kappa shape index (κ2) is 18.3. The highest BCUT2D eigenvalue weighted by molar-refractivity contribution is 7.99. The van der Waals surface area contributed by atoms with Crippen LogP contribution in [0.25, 0.3) is 0 Å². The Kier molecular flexibility index (Phi) is 13.4. The van der Waals surface area contributed by atoms with Crippen molar-refractivity contribution in [3.63, 3.8) is 0 Å². The van der Waals surface area contributed by atoms with Gasteiger partial charge in [-0.05, 0) is 90.0 Å². The molecule has 0 saturated heterocycles. The Morgan fingerprint density at radius 2 is 1.02 bits per heavy atom. The number of rotatable bonds is 12. The predicted octanol–water partition coefficient (Wildman–Crippen LogP) is 11.0. The molecular weight excluding hydrogens is 739 g/mol. The fourth-order valence-corrected chi connectivity index (χ4v) is 7.31. The van der Waals surface area contributed by atoms with E-state index in [-0.39, 0.29) is 22.6 Å². The van der Waals surface area contributed by atoms with Crippen LogP contribution >= 0.6 is 46.7 Å². The summed E-state index contributed by atoms with van der Waals surface area (Å²) >= 11 is 15.5. The van der Waals surface area contributed by atoms with Crippen LogP contribution in [0.4, 0.5) is 11.4 Å². The van der Waals surface area contributed by atoms with Crippen LogP contribution in [0.5, 0.6) is 11.5 Å². The SMILES string of the molecule is O=C(O)c1cc(NCc2ccccc2Sc2cccc(Cl)c2)ccc1O.O=C(O)c1cc(NCc2ccccc2Sc2ccccc2Cl)ccc1O. The van der Waals surface area contributed by atoms with Crippen LogP contribution in [0, 0.1) is 0 Å². The number of aromatic hydroxyl groups is 2. The van der Waals surface area contributed by atoms with E-state index in [1.807, 2.05) is 97.1 Å². The van der Waals surface area contributed by atoms with Crippen LogP contribution in [0.3, 0.4) is 0 Å². The van der Waals surface area contributed by atoms with Crippen LogP contribution in [-0.2, 0) is 13.1 Å². The average Bonchev–Trinajstić information content (AvgIpc) is 3.13. The summed E-state index contributed by atoms with van der Waals surface area (Å²) in [7, 11) is 0. The summed E-state index contributed by atoms with van der Waals surface area (Å²) in [5.74, 6) is -2.83. The molecule has 0 heterocycles. The Bertz CT molecular complexity index is 2200. The lowest BCUT2D eigenvalue weighted by molar-refractivity contribution is 0.0682. The number of halogens is 2. The van der Waals surface area contributed by atoms with Gasteiger partial charge < -0.3 is 31.1 Å². The third-order valence-corrected chi connectivity index (χ3v) is 10.4. The molecule has 0 spiro atoms. The van der Waals surface area contributed by atoms with Crippen molar-refractivity contribution in [3.8, 4) is 11.5 Å². The molecule has 0 bridgehead atoms. The van der Waals surface area contributed by atoms with Gasteiger partial charge in [0.2, 0.25) is 0 Å². The fourth-order valence-electron chi connectivity index (χ4n) is 4.83. The van der Waals surface area contributed by atoms with E-state index in [0.29, 0.717) is 34.5 Å². The maximum Gasteiger partial charge on any atom is 0.339 e.